The molecule has 0 saturated heterocycles. The molecule has 0 heterocycles. The number of thiol groups is 1. The minimum Gasteiger partial charge on any atom is -0.481 e. The first-order valence-corrected chi connectivity index (χ1v) is 49.6. The van der Waals surface area contributed by atoms with Crippen LogP contribution in [0.1, 0.15) is 186 Å². The van der Waals surface area contributed by atoms with Gasteiger partial charge in [0.05, 0.1) is 45.0 Å². The van der Waals surface area contributed by atoms with E-state index >= 15 is 0 Å². The monoisotopic (exact) mass is 2110 g/mol. The number of carbonyl (C=O) groups is 25. The van der Waals surface area contributed by atoms with Gasteiger partial charge in [-0.3, -0.25) is 120 Å². The molecule has 0 aromatic rings. The number of carbonyl (C=O) groups excluding carboxylic acids is 19. The van der Waals surface area contributed by atoms with Gasteiger partial charge in [0.1, 0.15) is 103 Å². The molecule has 0 aliphatic carbocycles. The summed E-state index contributed by atoms with van der Waals surface area (Å²) in [4.78, 5) is 332. The van der Waals surface area contributed by atoms with Gasteiger partial charge in [-0.05, 0) is 132 Å². The molecule has 0 spiro atoms. The maximum atomic E-state index is 14.5. The van der Waals surface area contributed by atoms with Gasteiger partial charge in [-0.15, -0.1) is 0 Å². The molecule has 19 atom stereocenters. The van der Waals surface area contributed by atoms with Crippen LogP contribution < -0.4 is 118 Å². The normalized spacial score (nSPS) is 15.1. The lowest BCUT2D eigenvalue weighted by Crippen LogP contribution is -2.61. The first-order valence-electron chi connectivity index (χ1n) is 46.2. The Morgan fingerprint density at radius 1 is 0.326 bits per heavy atom. The second-order valence-electron chi connectivity index (χ2n) is 35.5. The standard InChI is InChI=1S/C86H145N23O32S3/c1-16-42(10)67(84(139)92-35-59(111)96-54(31-63(117)118)80(135)100-49(20-22-62(115)116)74(129)101-50(24-27-144-15)75(130)105-56(33-65(121)122)81(136)108-66(41(8)9)85(140)141)109-83(138)58(37-142)107-70(125)45(13)94-77(132)52(29-39(4)5)104-73(128)47(18-17-25-90-86(88)89)99-79(134)53(30-40(6)7)103-69(124)43(11)93-76(131)51(28-38(2)3)102-68(123)44(12)95-78(133)55(32-64(119)120)106-82(137)57(36-110)97-60(112)34-91-72(127)48(19-21-61(113)114)98-71(126)46(87)23-26-143-14/h38-58,66-67,110,142H,16-37,87H2,1-15H3,(H,91,127)(H,92,139)(H,93,131)(H,94,132)(H,95,133)(H,96,111)(H,97,112)(H,98,126)(H,99,134)(H,100,135)(H,101,129)(H,102,123)(H,103,124)(H,104,128)(H,105,130)(H,106,137)(H,107,125)(H,108,136)(H,109,138)(H,113,114)(H,115,116)(H,117,118)(H,119,120)(H,121,122)(H,140,141)(H4,88,89,90)/t42-,43-,44-,45-,46-,47-,48-,49-,50-,51-,52-,53-,54-,55-,56-,57-,58-,66-,67-/m0/s1. The number of nitrogens with two attached hydrogens (primary N) is 2. The highest BCUT2D eigenvalue weighted by molar-refractivity contribution is 7.98. The van der Waals surface area contributed by atoms with Crippen LogP contribution in [0.25, 0.3) is 0 Å². The number of hydrogen-bond donors (Lipinski definition) is 31. The summed E-state index contributed by atoms with van der Waals surface area (Å²) >= 11 is 6.78. The van der Waals surface area contributed by atoms with Gasteiger partial charge in [0.25, 0.3) is 0 Å². The van der Waals surface area contributed by atoms with Crippen molar-refractivity contribution in [1.29, 1.82) is 5.41 Å². The molecule has 814 valence electrons. The number of guanidine groups is 1. The molecule has 0 rings (SSSR count). The Morgan fingerprint density at radius 3 is 0.993 bits per heavy atom. The number of aliphatic hydroxyl groups excluding tert-OH is 1. The Bertz CT molecular complexity index is 4440. The third kappa shape index (κ3) is 52.8. The predicted octanol–water partition coefficient (Wildman–Crippen LogP) is -8.38. The molecule has 0 aromatic carbocycles. The van der Waals surface area contributed by atoms with Gasteiger partial charge in [-0.2, -0.15) is 36.2 Å². The number of aliphatic carboxylic acids is 6. The van der Waals surface area contributed by atoms with E-state index in [9.17, 15) is 156 Å². The van der Waals surface area contributed by atoms with E-state index in [1.54, 1.807) is 61.0 Å². The van der Waals surface area contributed by atoms with Crippen LogP contribution in [0.5, 0.6) is 0 Å². The van der Waals surface area contributed by atoms with Crippen molar-refractivity contribution in [1.82, 2.24) is 106 Å². The fourth-order valence-electron chi connectivity index (χ4n) is 13.1. The van der Waals surface area contributed by atoms with E-state index in [0.29, 0.717) is 5.75 Å². The van der Waals surface area contributed by atoms with E-state index in [-0.39, 0.29) is 81.4 Å². The van der Waals surface area contributed by atoms with Crippen molar-refractivity contribution < 1.29 is 156 Å². The summed E-state index contributed by atoms with van der Waals surface area (Å²) in [5.41, 5.74) is 11.4. The highest BCUT2D eigenvalue weighted by Gasteiger charge is 2.41. The number of carboxylic acid groups (broad SMARTS) is 6. The Hall–Kier alpha value is -13.0. The number of aliphatic hydroxyl groups is 1. The third-order valence-corrected chi connectivity index (χ3v) is 22.9. The minimum atomic E-state index is -2.07. The fraction of sp³-hybridized carbons (Fsp3) is 0.698. The Balaban J connectivity index is 6.69. The van der Waals surface area contributed by atoms with Crippen LogP contribution in [0.15, 0.2) is 0 Å². The number of thioether (sulfide) groups is 2. The molecule has 0 aliphatic rings. The average Bonchev–Trinajstić information content (AvgIpc) is 0.855. The molecule has 32 N–H and O–H groups in total. The zero-order valence-corrected chi connectivity index (χ0v) is 85.6. The summed E-state index contributed by atoms with van der Waals surface area (Å²) in [5, 5.41) is 122. The lowest BCUT2D eigenvalue weighted by atomic mass is 9.98. The van der Waals surface area contributed by atoms with Crippen LogP contribution in [-0.2, 0) is 120 Å². The summed E-state index contributed by atoms with van der Waals surface area (Å²) in [7, 11) is 0. The van der Waals surface area contributed by atoms with Gasteiger partial charge in [-0.25, -0.2) is 4.79 Å². The Morgan fingerprint density at radius 2 is 0.625 bits per heavy atom. The van der Waals surface area contributed by atoms with Crippen molar-refractivity contribution in [3.8, 4) is 0 Å². The predicted molar refractivity (Wildman–Crippen MR) is 521 cm³/mol. The van der Waals surface area contributed by atoms with E-state index in [4.69, 9.17) is 16.9 Å². The molecule has 0 radical (unpaired) electrons. The van der Waals surface area contributed by atoms with E-state index in [0.717, 1.165) is 18.7 Å². The van der Waals surface area contributed by atoms with E-state index in [2.05, 4.69) is 119 Å². The average molecular weight is 2110 g/mol. The Labute approximate surface area is 845 Å². The van der Waals surface area contributed by atoms with Gasteiger partial charge >= 0.3 is 35.8 Å². The van der Waals surface area contributed by atoms with Gasteiger partial charge in [0, 0.05) is 25.1 Å². The van der Waals surface area contributed by atoms with Crippen molar-refractivity contribution in [2.75, 3.05) is 56.0 Å². The van der Waals surface area contributed by atoms with Crippen molar-refractivity contribution in [3.63, 3.8) is 0 Å². The lowest BCUT2D eigenvalue weighted by molar-refractivity contribution is -0.145. The zero-order chi connectivity index (χ0) is 110. The first-order chi connectivity index (χ1) is 67.2. The molecule has 0 unspecified atom stereocenters. The van der Waals surface area contributed by atoms with Crippen LogP contribution in [-0.4, -0.2) is 355 Å². The molecule has 0 fully saturated rings. The second-order valence-corrected chi connectivity index (χ2v) is 37.8. The van der Waals surface area contributed by atoms with Crippen molar-refractivity contribution in [3.05, 3.63) is 0 Å². The molecular weight excluding hydrogens is 1960 g/mol. The molecular formula is C86H145N23O32S3. The lowest BCUT2D eigenvalue weighted by Gasteiger charge is -2.28. The van der Waals surface area contributed by atoms with Gasteiger partial charge in [-0.1, -0.05) is 75.7 Å². The van der Waals surface area contributed by atoms with Crippen molar-refractivity contribution >= 4 is 190 Å². The second kappa shape index (κ2) is 68.3. The molecule has 0 aliphatic heterocycles. The van der Waals surface area contributed by atoms with Crippen LogP contribution in [0, 0.1) is 35.0 Å². The van der Waals surface area contributed by atoms with Crippen LogP contribution in [0.3, 0.4) is 0 Å². The van der Waals surface area contributed by atoms with Crippen LogP contribution in [0.2, 0.25) is 0 Å². The largest absolute Gasteiger partial charge is 0.481 e. The number of amides is 19. The number of nitrogens with one attached hydrogen (secondary N) is 21. The summed E-state index contributed by atoms with van der Waals surface area (Å²) in [5.74, 6) is -32.9. The highest BCUT2D eigenvalue weighted by Crippen LogP contribution is 2.17. The van der Waals surface area contributed by atoms with Gasteiger partial charge in [0.15, 0.2) is 5.96 Å². The molecule has 58 heteroatoms. The molecule has 19 amide bonds. The van der Waals surface area contributed by atoms with Gasteiger partial charge < -0.3 is 154 Å². The summed E-state index contributed by atoms with van der Waals surface area (Å²) in [6.45, 7) is 16.6. The summed E-state index contributed by atoms with van der Waals surface area (Å²) < 4.78 is 0. The molecule has 0 bridgehead atoms. The minimum absolute atomic E-state index is 0.0204. The topological polar surface area (TPSA) is 885 Å². The smallest absolute Gasteiger partial charge is 0.326 e. The van der Waals surface area contributed by atoms with E-state index in [1.807, 2.05) is 0 Å². The quantitative estimate of drug-likeness (QED) is 0.0116. The van der Waals surface area contributed by atoms with E-state index in [1.165, 1.54) is 46.4 Å². The molecule has 0 saturated carbocycles. The number of rotatable bonds is 72. The molecule has 144 heavy (non-hydrogen) atoms. The molecule has 0 aromatic heterocycles. The Kier molecular flexibility index (Phi) is 62.1. The highest BCUT2D eigenvalue weighted by atomic mass is 32.2. The van der Waals surface area contributed by atoms with E-state index < -0.39 is 345 Å². The summed E-state index contributed by atoms with van der Waals surface area (Å²) in [6, 6.07) is -29.1. The van der Waals surface area contributed by atoms with Crippen LogP contribution >= 0.6 is 36.2 Å². The number of hydrogen-bond acceptors (Lipinski definition) is 31. The maximum absolute atomic E-state index is 14.5. The summed E-state index contributed by atoms with van der Waals surface area (Å²) in [6.07, 6.45) is -2.93. The van der Waals surface area contributed by atoms with Crippen LogP contribution in [0.4, 0.5) is 0 Å². The third-order valence-electron chi connectivity index (χ3n) is 21.2. The SMILES string of the molecule is CC[C@H](C)[C@H](NC(=O)[C@H](CS)NC(=O)[C@H](C)NC(=O)[C@H](CC(C)C)NC(=O)[C@H](CCCNC(=N)N)NC(=O)[C@H](CC(C)C)NC(=O)[C@H](C)NC(=O)[C@H](CC(C)C)NC(=O)[C@H](C)NC(=O)[C@H](CC(=O)O)NC(=O)[C@H](CO)NC(=O)CNC(=O)[C@H](CCC(=O)O)NC(=O)[C@@H](N)CCSC)C(=O)NCC(=O)N[C@@H](CC(=O)O)C(=O)N[C@@H](CCC(=O)O)C(=O)N[C@@H](CCSC)C(=O)N[C@@H](CC(=O)O)C(=O)N[C@H](C(=O)O)C(C)C. The van der Waals surface area contributed by atoms with Crippen molar-refractivity contribution in [2.45, 2.75) is 295 Å². The molecule has 55 nitrogen and oxygen atoms in total. The van der Waals surface area contributed by atoms with Crippen molar-refractivity contribution in [2.24, 2.45) is 41.1 Å². The van der Waals surface area contributed by atoms with Gasteiger partial charge in [0.2, 0.25) is 112 Å². The number of carboxylic acids is 6. The fourth-order valence-corrected chi connectivity index (χ4v) is 14.3. The first kappa shape index (κ1) is 131. The maximum Gasteiger partial charge on any atom is 0.326 e. The zero-order valence-electron chi connectivity index (χ0n) is 83.1.